The fourth-order valence-corrected chi connectivity index (χ4v) is 2.97. The molecule has 0 radical (unpaired) electrons. The Bertz CT molecular complexity index is 639. The molecule has 0 N–H and O–H groups in total. The van der Waals surface area contributed by atoms with Crippen molar-refractivity contribution in [3.05, 3.63) is 41.2 Å². The van der Waals surface area contributed by atoms with E-state index in [4.69, 9.17) is 4.74 Å². The number of rotatable bonds is 4. The van der Waals surface area contributed by atoms with E-state index in [1.165, 1.54) is 5.56 Å². The molecule has 0 saturated heterocycles. The molecule has 1 aliphatic rings. The van der Waals surface area contributed by atoms with Crippen molar-refractivity contribution in [2.75, 3.05) is 13.7 Å². The van der Waals surface area contributed by atoms with Gasteiger partial charge < -0.3 is 9.30 Å². The molecule has 0 spiro atoms. The molecule has 1 atom stereocenters. The summed E-state index contributed by atoms with van der Waals surface area (Å²) >= 11 is 0. The molecule has 0 unspecified atom stereocenters. The van der Waals surface area contributed by atoms with Crippen LogP contribution in [-0.4, -0.2) is 44.3 Å². The molecular weight excluding hydrogens is 278 g/mol. The molecule has 6 heteroatoms. The predicted octanol–water partition coefficient (Wildman–Crippen LogP) is 1.57. The quantitative estimate of drug-likeness (QED) is 0.858. The fraction of sp³-hybridized carbons (Fsp3) is 0.562. The van der Waals surface area contributed by atoms with Gasteiger partial charge in [0.2, 0.25) is 0 Å². The average Bonchev–Trinajstić information content (AvgIpc) is 2.80. The lowest BCUT2D eigenvalue weighted by molar-refractivity contribution is 0.170. The highest BCUT2D eigenvalue weighted by Gasteiger charge is 2.24. The lowest BCUT2D eigenvalue weighted by Crippen LogP contribution is -2.34. The second-order valence-corrected chi connectivity index (χ2v) is 5.91. The van der Waals surface area contributed by atoms with Crippen molar-refractivity contribution in [1.29, 1.82) is 0 Å². The van der Waals surface area contributed by atoms with Crippen molar-refractivity contribution in [3.8, 4) is 0 Å². The van der Waals surface area contributed by atoms with Gasteiger partial charge in [0.15, 0.2) is 5.82 Å². The fourth-order valence-electron chi connectivity index (χ4n) is 2.97. The molecule has 6 nitrogen and oxygen atoms in total. The summed E-state index contributed by atoms with van der Waals surface area (Å²) in [5.41, 5.74) is 2.41. The highest BCUT2D eigenvalue weighted by atomic mass is 16.5. The summed E-state index contributed by atoms with van der Waals surface area (Å²) in [6.45, 7) is 7.64. The Hall–Kier alpha value is -1.79. The van der Waals surface area contributed by atoms with E-state index in [1.54, 1.807) is 7.11 Å². The first-order chi connectivity index (χ1) is 10.7. The van der Waals surface area contributed by atoms with Crippen LogP contribution in [0.2, 0.25) is 0 Å². The highest BCUT2D eigenvalue weighted by Crippen LogP contribution is 2.18. The number of ether oxygens (including phenoxy) is 1. The maximum Gasteiger partial charge on any atom is 0.159 e. The maximum absolute atomic E-state index is 5.21. The summed E-state index contributed by atoms with van der Waals surface area (Å²) in [5.74, 6) is 1.97. The standard InChI is InChI=1S/C16H23N5O/c1-12-5-4-6-17-14(12)10-20-7-8-21-15(9-13(20)2)18-19-16(21)11-22-3/h4-6,13H,7-11H2,1-3H3/t13-/m1/s1. The minimum atomic E-state index is 0.419. The summed E-state index contributed by atoms with van der Waals surface area (Å²) in [6, 6.07) is 4.53. The third-order valence-electron chi connectivity index (χ3n) is 4.36. The van der Waals surface area contributed by atoms with Crippen LogP contribution in [0.4, 0.5) is 0 Å². The van der Waals surface area contributed by atoms with Gasteiger partial charge in [-0.25, -0.2) is 0 Å². The van der Waals surface area contributed by atoms with Crippen LogP contribution in [0.3, 0.4) is 0 Å². The Morgan fingerprint density at radius 1 is 1.32 bits per heavy atom. The summed E-state index contributed by atoms with van der Waals surface area (Å²) in [7, 11) is 1.69. The van der Waals surface area contributed by atoms with E-state index in [9.17, 15) is 0 Å². The van der Waals surface area contributed by atoms with Crippen molar-refractivity contribution in [1.82, 2.24) is 24.6 Å². The summed E-state index contributed by atoms with van der Waals surface area (Å²) in [5, 5.41) is 8.58. The second kappa shape index (κ2) is 6.54. The van der Waals surface area contributed by atoms with E-state index in [-0.39, 0.29) is 0 Å². The van der Waals surface area contributed by atoms with E-state index in [1.807, 2.05) is 12.3 Å². The van der Waals surface area contributed by atoms with Crippen LogP contribution < -0.4 is 0 Å². The van der Waals surface area contributed by atoms with Crippen LogP contribution in [0.1, 0.15) is 29.8 Å². The Kier molecular flexibility index (Phi) is 4.49. The van der Waals surface area contributed by atoms with Gasteiger partial charge in [0.1, 0.15) is 12.4 Å². The minimum Gasteiger partial charge on any atom is -0.377 e. The van der Waals surface area contributed by atoms with E-state index < -0.39 is 0 Å². The van der Waals surface area contributed by atoms with Crippen LogP contribution in [0.25, 0.3) is 0 Å². The van der Waals surface area contributed by atoms with Gasteiger partial charge >= 0.3 is 0 Å². The highest BCUT2D eigenvalue weighted by molar-refractivity contribution is 5.17. The summed E-state index contributed by atoms with van der Waals surface area (Å²) < 4.78 is 7.41. The molecule has 22 heavy (non-hydrogen) atoms. The summed E-state index contributed by atoms with van der Waals surface area (Å²) in [4.78, 5) is 7.00. The predicted molar refractivity (Wildman–Crippen MR) is 83.3 cm³/mol. The van der Waals surface area contributed by atoms with E-state index >= 15 is 0 Å². The van der Waals surface area contributed by atoms with Gasteiger partial charge in [0.25, 0.3) is 0 Å². The van der Waals surface area contributed by atoms with Crippen molar-refractivity contribution >= 4 is 0 Å². The van der Waals surface area contributed by atoms with Gasteiger partial charge in [-0.15, -0.1) is 10.2 Å². The Morgan fingerprint density at radius 3 is 2.95 bits per heavy atom. The van der Waals surface area contributed by atoms with Crippen LogP contribution in [-0.2, 0) is 30.9 Å². The van der Waals surface area contributed by atoms with Crippen LogP contribution in [0, 0.1) is 6.92 Å². The van der Waals surface area contributed by atoms with Crippen molar-refractivity contribution < 1.29 is 4.74 Å². The topological polar surface area (TPSA) is 56.1 Å². The third-order valence-corrected chi connectivity index (χ3v) is 4.36. The number of aryl methyl sites for hydroxylation is 1. The van der Waals surface area contributed by atoms with Gasteiger partial charge in [-0.3, -0.25) is 9.88 Å². The van der Waals surface area contributed by atoms with Crippen LogP contribution >= 0.6 is 0 Å². The number of fused-ring (bicyclic) bond motifs is 1. The zero-order valence-electron chi connectivity index (χ0n) is 13.5. The maximum atomic E-state index is 5.21. The van der Waals surface area contributed by atoms with Gasteiger partial charge in [-0.1, -0.05) is 6.07 Å². The molecule has 2 aromatic heterocycles. The normalized spacial score (nSPS) is 19.0. The number of aromatic nitrogens is 4. The molecule has 0 bridgehead atoms. The van der Waals surface area contributed by atoms with Crippen LogP contribution in [0.5, 0.6) is 0 Å². The van der Waals surface area contributed by atoms with E-state index in [0.29, 0.717) is 12.6 Å². The molecule has 0 amide bonds. The SMILES string of the molecule is COCc1nnc2n1CCN(Cc1ncccc1C)[C@H](C)C2. The van der Waals surface area contributed by atoms with Gasteiger partial charge in [-0.2, -0.15) is 0 Å². The number of hydrogen-bond acceptors (Lipinski definition) is 5. The first kappa shape index (κ1) is 15.1. The smallest absolute Gasteiger partial charge is 0.159 e. The van der Waals surface area contributed by atoms with Crippen molar-refractivity contribution in [2.45, 2.75) is 46.0 Å². The molecule has 3 rings (SSSR count). The van der Waals surface area contributed by atoms with Gasteiger partial charge in [0, 0.05) is 45.4 Å². The minimum absolute atomic E-state index is 0.419. The zero-order chi connectivity index (χ0) is 15.5. The van der Waals surface area contributed by atoms with E-state index in [0.717, 1.165) is 43.4 Å². The Labute approximate surface area is 131 Å². The molecular formula is C16H23N5O. The zero-order valence-corrected chi connectivity index (χ0v) is 13.5. The first-order valence-corrected chi connectivity index (χ1v) is 7.73. The number of methoxy groups -OCH3 is 1. The molecule has 0 aromatic carbocycles. The molecule has 0 fully saturated rings. The Balaban J connectivity index is 1.76. The molecule has 0 saturated carbocycles. The number of pyridine rings is 1. The lowest BCUT2D eigenvalue weighted by atomic mass is 10.1. The number of hydrogen-bond donors (Lipinski definition) is 0. The number of nitrogens with zero attached hydrogens (tertiary/aromatic N) is 5. The second-order valence-electron chi connectivity index (χ2n) is 5.91. The average molecular weight is 301 g/mol. The lowest BCUT2D eigenvalue weighted by Gasteiger charge is -2.26. The molecule has 3 heterocycles. The molecule has 0 aliphatic carbocycles. The molecule has 1 aliphatic heterocycles. The molecule has 2 aromatic rings. The Morgan fingerprint density at radius 2 is 2.18 bits per heavy atom. The van der Waals surface area contributed by atoms with E-state index in [2.05, 4.69) is 44.6 Å². The first-order valence-electron chi connectivity index (χ1n) is 7.73. The monoisotopic (exact) mass is 301 g/mol. The van der Waals surface area contributed by atoms with Gasteiger partial charge in [-0.05, 0) is 25.5 Å². The van der Waals surface area contributed by atoms with Crippen molar-refractivity contribution in [3.63, 3.8) is 0 Å². The molecule has 118 valence electrons. The summed E-state index contributed by atoms with van der Waals surface area (Å²) in [6.07, 6.45) is 2.78. The van der Waals surface area contributed by atoms with Crippen molar-refractivity contribution in [2.24, 2.45) is 0 Å². The largest absolute Gasteiger partial charge is 0.377 e. The van der Waals surface area contributed by atoms with Gasteiger partial charge in [0.05, 0.1) is 5.69 Å². The van der Waals surface area contributed by atoms with Crippen LogP contribution in [0.15, 0.2) is 18.3 Å². The third kappa shape index (κ3) is 3.03.